The highest BCUT2D eigenvalue weighted by molar-refractivity contribution is 5.69. The number of nitrogens with zero attached hydrogens (tertiary/aromatic N) is 1. The molecule has 1 saturated carbocycles. The van der Waals surface area contributed by atoms with Crippen molar-refractivity contribution in [3.63, 3.8) is 0 Å². The molecule has 0 spiro atoms. The minimum Gasteiger partial charge on any atom is -0.444 e. The van der Waals surface area contributed by atoms with Gasteiger partial charge in [-0.25, -0.2) is 4.79 Å². The van der Waals surface area contributed by atoms with Crippen molar-refractivity contribution in [2.24, 2.45) is 5.92 Å². The highest BCUT2D eigenvalue weighted by Gasteiger charge is 2.46. The average molecular weight is 213 g/mol. The van der Waals surface area contributed by atoms with Gasteiger partial charge >= 0.3 is 6.09 Å². The van der Waals surface area contributed by atoms with Crippen LogP contribution >= 0.6 is 0 Å². The summed E-state index contributed by atoms with van der Waals surface area (Å²) in [6, 6.07) is 0.194. The smallest absolute Gasteiger partial charge is 0.410 e. The molecule has 2 rings (SSSR count). The van der Waals surface area contributed by atoms with Crippen molar-refractivity contribution >= 4 is 6.09 Å². The first kappa shape index (κ1) is 10.7. The first-order chi connectivity index (χ1) is 6.87. The van der Waals surface area contributed by atoms with Gasteiger partial charge in [0.2, 0.25) is 0 Å². The van der Waals surface area contributed by atoms with Gasteiger partial charge in [-0.05, 0) is 33.6 Å². The molecule has 2 aliphatic rings. The number of rotatable bonds is 0. The molecule has 1 heterocycles. The van der Waals surface area contributed by atoms with Gasteiger partial charge in [0.1, 0.15) is 5.60 Å². The number of hydrogen-bond donors (Lipinski definition) is 1. The SMILES string of the molecule is CC(C)(C)OC(=O)N1C[C@H]2C[C@H]1C[C@@H]2O. The Labute approximate surface area is 90.2 Å². The van der Waals surface area contributed by atoms with Gasteiger partial charge in [0.25, 0.3) is 0 Å². The number of ether oxygens (including phenoxy) is 1. The van der Waals surface area contributed by atoms with Gasteiger partial charge < -0.3 is 14.7 Å². The van der Waals surface area contributed by atoms with Crippen LogP contribution in [0.2, 0.25) is 0 Å². The van der Waals surface area contributed by atoms with Crippen LogP contribution in [0.3, 0.4) is 0 Å². The Balaban J connectivity index is 1.94. The van der Waals surface area contributed by atoms with E-state index in [9.17, 15) is 9.90 Å². The maximum Gasteiger partial charge on any atom is 0.410 e. The molecule has 2 bridgehead atoms. The Hall–Kier alpha value is -0.770. The first-order valence-corrected chi connectivity index (χ1v) is 5.54. The lowest BCUT2D eigenvalue weighted by atomic mass is 10.1. The van der Waals surface area contributed by atoms with Crippen LogP contribution in [0.4, 0.5) is 4.79 Å². The Morgan fingerprint density at radius 1 is 1.40 bits per heavy atom. The number of aliphatic hydroxyl groups is 1. The lowest BCUT2D eigenvalue weighted by Crippen LogP contribution is -2.44. The van der Waals surface area contributed by atoms with Gasteiger partial charge in [-0.3, -0.25) is 0 Å². The molecule has 15 heavy (non-hydrogen) atoms. The maximum atomic E-state index is 11.8. The van der Waals surface area contributed by atoms with Crippen LogP contribution in [0.1, 0.15) is 33.6 Å². The van der Waals surface area contributed by atoms with E-state index in [0.29, 0.717) is 13.0 Å². The van der Waals surface area contributed by atoms with E-state index in [-0.39, 0.29) is 24.2 Å². The molecule has 4 nitrogen and oxygen atoms in total. The number of likely N-dealkylation sites (tertiary alicyclic amines) is 1. The lowest BCUT2D eigenvalue weighted by molar-refractivity contribution is 0.00788. The van der Waals surface area contributed by atoms with Gasteiger partial charge in [-0.1, -0.05) is 0 Å². The van der Waals surface area contributed by atoms with Crippen LogP contribution < -0.4 is 0 Å². The fourth-order valence-corrected chi connectivity index (χ4v) is 2.47. The monoisotopic (exact) mass is 213 g/mol. The molecule has 1 saturated heterocycles. The van der Waals surface area contributed by atoms with Crippen molar-refractivity contribution in [3.8, 4) is 0 Å². The number of hydrogen-bond acceptors (Lipinski definition) is 3. The van der Waals surface area contributed by atoms with Crippen LogP contribution in [-0.2, 0) is 4.74 Å². The third-order valence-corrected chi connectivity index (χ3v) is 3.13. The number of carbonyl (C=O) groups excluding carboxylic acids is 1. The second kappa shape index (κ2) is 3.37. The predicted octanol–water partition coefficient (Wildman–Crippen LogP) is 1.38. The molecule has 0 aromatic rings. The molecule has 0 aromatic carbocycles. The lowest BCUT2D eigenvalue weighted by Gasteiger charge is -2.31. The van der Waals surface area contributed by atoms with E-state index in [1.165, 1.54) is 0 Å². The molecule has 2 fully saturated rings. The summed E-state index contributed by atoms with van der Waals surface area (Å²) < 4.78 is 5.31. The van der Waals surface area contributed by atoms with Crippen molar-refractivity contribution in [2.45, 2.75) is 51.4 Å². The van der Waals surface area contributed by atoms with Crippen LogP contribution in [0.15, 0.2) is 0 Å². The summed E-state index contributed by atoms with van der Waals surface area (Å²) in [5.41, 5.74) is -0.433. The maximum absolute atomic E-state index is 11.8. The summed E-state index contributed by atoms with van der Waals surface area (Å²) in [6.07, 6.45) is 1.19. The summed E-state index contributed by atoms with van der Waals surface area (Å²) in [5.74, 6) is 0.266. The van der Waals surface area contributed by atoms with Crippen LogP contribution in [0.25, 0.3) is 0 Å². The van der Waals surface area contributed by atoms with E-state index in [2.05, 4.69) is 0 Å². The molecular weight excluding hydrogens is 194 g/mol. The summed E-state index contributed by atoms with van der Waals surface area (Å²) in [7, 11) is 0. The van der Waals surface area contributed by atoms with Gasteiger partial charge in [-0.15, -0.1) is 0 Å². The molecule has 4 heteroatoms. The average Bonchev–Trinajstić information content (AvgIpc) is 2.58. The highest BCUT2D eigenvalue weighted by atomic mass is 16.6. The molecule has 0 unspecified atom stereocenters. The predicted molar refractivity (Wildman–Crippen MR) is 55.5 cm³/mol. The fraction of sp³-hybridized carbons (Fsp3) is 0.909. The topological polar surface area (TPSA) is 49.8 Å². The van der Waals surface area contributed by atoms with E-state index < -0.39 is 5.60 Å². The molecular formula is C11H19NO3. The summed E-state index contributed by atoms with van der Waals surface area (Å²) in [5, 5.41) is 9.57. The zero-order valence-electron chi connectivity index (χ0n) is 9.56. The van der Waals surface area contributed by atoms with E-state index in [0.717, 1.165) is 6.42 Å². The third-order valence-electron chi connectivity index (χ3n) is 3.13. The van der Waals surface area contributed by atoms with Crippen molar-refractivity contribution in [2.75, 3.05) is 6.54 Å². The summed E-state index contributed by atoms with van der Waals surface area (Å²) >= 11 is 0. The second-order valence-electron chi connectivity index (χ2n) is 5.59. The van der Waals surface area contributed by atoms with Crippen LogP contribution in [-0.4, -0.2) is 40.4 Å². The van der Waals surface area contributed by atoms with Crippen LogP contribution in [0, 0.1) is 5.92 Å². The van der Waals surface area contributed by atoms with E-state index in [1.807, 2.05) is 20.8 Å². The minimum atomic E-state index is -0.433. The first-order valence-electron chi connectivity index (χ1n) is 5.54. The molecule has 0 aromatic heterocycles. The standard InChI is InChI=1S/C11H19NO3/c1-11(2,3)15-10(14)12-6-7-4-8(12)5-9(7)13/h7-9,13H,4-6H2,1-3H3/t7-,8+,9+/m1/s1. The highest BCUT2D eigenvalue weighted by Crippen LogP contribution is 2.38. The van der Waals surface area contributed by atoms with E-state index >= 15 is 0 Å². The summed E-state index contributed by atoms with van der Waals surface area (Å²) in [6.45, 7) is 6.26. The normalized spacial score (nSPS) is 34.7. The molecule has 1 aliphatic carbocycles. The molecule has 0 radical (unpaired) electrons. The molecule has 3 atom stereocenters. The number of carbonyl (C=O) groups is 1. The van der Waals surface area contributed by atoms with Crippen molar-refractivity contribution in [3.05, 3.63) is 0 Å². The van der Waals surface area contributed by atoms with E-state index in [1.54, 1.807) is 4.90 Å². The number of amides is 1. The second-order valence-corrected chi connectivity index (χ2v) is 5.59. The van der Waals surface area contributed by atoms with E-state index in [4.69, 9.17) is 4.74 Å². The number of fused-ring (bicyclic) bond motifs is 2. The molecule has 1 N–H and O–H groups in total. The fourth-order valence-electron chi connectivity index (χ4n) is 2.47. The zero-order chi connectivity index (χ0) is 11.2. The Morgan fingerprint density at radius 3 is 2.47 bits per heavy atom. The summed E-state index contributed by atoms with van der Waals surface area (Å²) in [4.78, 5) is 13.5. The van der Waals surface area contributed by atoms with Crippen molar-refractivity contribution in [1.82, 2.24) is 4.90 Å². The Kier molecular flexibility index (Phi) is 2.41. The number of aliphatic hydroxyl groups excluding tert-OH is 1. The molecule has 86 valence electrons. The zero-order valence-corrected chi connectivity index (χ0v) is 9.56. The molecule has 1 aliphatic heterocycles. The number of piperidine rings is 1. The molecule has 1 amide bonds. The minimum absolute atomic E-state index is 0.194. The van der Waals surface area contributed by atoms with Gasteiger partial charge in [0.05, 0.1) is 6.10 Å². The third kappa shape index (κ3) is 2.09. The Morgan fingerprint density at radius 2 is 2.07 bits per heavy atom. The quantitative estimate of drug-likeness (QED) is 0.661. The van der Waals surface area contributed by atoms with Gasteiger partial charge in [0.15, 0.2) is 0 Å². The van der Waals surface area contributed by atoms with Crippen LogP contribution in [0.5, 0.6) is 0 Å². The largest absolute Gasteiger partial charge is 0.444 e. The van der Waals surface area contributed by atoms with Gasteiger partial charge in [-0.2, -0.15) is 0 Å². The van der Waals surface area contributed by atoms with Crippen molar-refractivity contribution in [1.29, 1.82) is 0 Å². The van der Waals surface area contributed by atoms with Gasteiger partial charge in [0, 0.05) is 18.5 Å². The van der Waals surface area contributed by atoms with Crippen molar-refractivity contribution < 1.29 is 14.6 Å². The Bertz CT molecular complexity index is 269.